The van der Waals surface area contributed by atoms with Gasteiger partial charge in [-0.25, -0.2) is 19.2 Å². The first-order chi connectivity index (χ1) is 14.7. The second-order valence-electron chi connectivity index (χ2n) is 6.80. The van der Waals surface area contributed by atoms with Crippen molar-refractivity contribution in [2.24, 2.45) is 0 Å². The molecule has 10 nitrogen and oxygen atoms in total. The van der Waals surface area contributed by atoms with Gasteiger partial charge in [-0.3, -0.25) is 20.0 Å². The summed E-state index contributed by atoms with van der Waals surface area (Å²) in [5, 5.41) is 23.2. The summed E-state index contributed by atoms with van der Waals surface area (Å²) in [5.74, 6) is -4.93. The van der Waals surface area contributed by atoms with E-state index < -0.39 is 29.2 Å². The van der Waals surface area contributed by atoms with Crippen molar-refractivity contribution in [3.63, 3.8) is 0 Å². The van der Waals surface area contributed by atoms with Crippen LogP contribution in [0.15, 0.2) is 36.5 Å². The number of nitrogens with zero attached hydrogens (tertiary/aromatic N) is 3. The predicted octanol–water partition coefficient (Wildman–Crippen LogP) is 1.29. The van der Waals surface area contributed by atoms with E-state index in [1.807, 2.05) is 0 Å². The van der Waals surface area contributed by atoms with E-state index in [0.717, 1.165) is 5.56 Å². The number of carbonyl (C=O) groups excluding carboxylic acids is 2. The number of anilines is 1. The van der Waals surface area contributed by atoms with Gasteiger partial charge >= 0.3 is 17.8 Å². The fraction of sp³-hybridized carbons (Fsp3) is 0.150. The lowest BCUT2D eigenvalue weighted by molar-refractivity contribution is -0.138. The summed E-state index contributed by atoms with van der Waals surface area (Å²) >= 11 is 0. The van der Waals surface area contributed by atoms with Gasteiger partial charge in [-0.2, -0.15) is 0 Å². The minimum Gasteiger partial charge on any atom is -0.504 e. The number of aromatic nitrogens is 2. The number of hydrogen-bond donors (Lipinski definition) is 4. The zero-order chi connectivity index (χ0) is 22.7. The molecule has 0 aliphatic rings. The van der Waals surface area contributed by atoms with Gasteiger partial charge in [-0.15, -0.1) is 0 Å². The molecule has 0 saturated heterocycles. The number of amides is 2. The van der Waals surface area contributed by atoms with Crippen LogP contribution in [0.3, 0.4) is 0 Å². The number of rotatable bonds is 5. The summed E-state index contributed by atoms with van der Waals surface area (Å²) in [6.07, 6.45) is 1.76. The Morgan fingerprint density at radius 1 is 1.10 bits per heavy atom. The second kappa shape index (κ2) is 8.71. The van der Waals surface area contributed by atoms with Gasteiger partial charge in [0.05, 0.1) is 0 Å². The zero-order valence-electron chi connectivity index (χ0n) is 16.5. The number of carboxylic acids is 1. The number of fused-ring (bicyclic) bond motifs is 1. The Morgan fingerprint density at radius 2 is 1.77 bits per heavy atom. The molecule has 2 heterocycles. The molecule has 2 amide bonds. The van der Waals surface area contributed by atoms with Crippen LogP contribution in [-0.4, -0.2) is 57.1 Å². The highest BCUT2D eigenvalue weighted by Gasteiger charge is 2.23. The molecule has 0 saturated carbocycles. The lowest BCUT2D eigenvalue weighted by Gasteiger charge is -2.14. The Balaban J connectivity index is 2.05. The van der Waals surface area contributed by atoms with Gasteiger partial charge < -0.3 is 15.5 Å². The molecule has 0 spiro atoms. The number of nitrogens with one attached hydrogen (secondary N) is 2. The Hall–Kier alpha value is -4.12. The molecule has 3 aromatic rings. The smallest absolute Gasteiger partial charge is 0.358 e. The predicted molar refractivity (Wildman–Crippen MR) is 108 cm³/mol. The maximum absolute atomic E-state index is 13.1. The molecule has 4 N–H and O–H groups in total. The Kier molecular flexibility index (Phi) is 6.07. The molecular formula is C20H18FN5O5. The Bertz CT molecular complexity index is 1180. The molecular weight excluding hydrogens is 409 g/mol. The quantitative estimate of drug-likeness (QED) is 0.352. The average Bonchev–Trinajstić information content (AvgIpc) is 2.71. The van der Waals surface area contributed by atoms with Crippen LogP contribution in [0, 0.1) is 5.82 Å². The number of hydrazine groups is 1. The number of carboxylic acid groups (broad SMARTS) is 1. The summed E-state index contributed by atoms with van der Waals surface area (Å²) in [6, 6.07) is 7.36. The number of hydrogen-bond acceptors (Lipinski definition) is 7. The molecule has 0 aliphatic heterocycles. The highest BCUT2D eigenvalue weighted by molar-refractivity contribution is 6.40. The number of pyridine rings is 2. The standard InChI is InChI=1S/C20H18FN5O5/c1-26(2)25-19(29)18(28)24-17-13-8-11(7-10-3-5-12(21)6-4-10)9-22-14(13)16(27)15(23-17)20(30)31/h3-6,8-9,27H,7H2,1-2H3,(H,25,29)(H,30,31)(H,23,24,28). The van der Waals surface area contributed by atoms with Crippen LogP contribution in [0.2, 0.25) is 0 Å². The minimum absolute atomic E-state index is 0.112. The molecule has 2 aromatic heterocycles. The summed E-state index contributed by atoms with van der Waals surface area (Å²) < 4.78 is 13.1. The van der Waals surface area contributed by atoms with E-state index in [-0.39, 0.29) is 22.5 Å². The molecule has 0 bridgehead atoms. The second-order valence-corrected chi connectivity index (χ2v) is 6.80. The van der Waals surface area contributed by atoms with Crippen LogP contribution in [0.5, 0.6) is 5.75 Å². The van der Waals surface area contributed by atoms with Crippen molar-refractivity contribution in [1.82, 2.24) is 20.4 Å². The van der Waals surface area contributed by atoms with Crippen molar-refractivity contribution in [2.45, 2.75) is 6.42 Å². The number of halogens is 1. The molecule has 0 radical (unpaired) electrons. The van der Waals surface area contributed by atoms with Crippen molar-refractivity contribution < 1.29 is 29.0 Å². The fourth-order valence-corrected chi connectivity index (χ4v) is 2.81. The maximum atomic E-state index is 13.1. The first-order valence-electron chi connectivity index (χ1n) is 8.94. The highest BCUT2D eigenvalue weighted by Crippen LogP contribution is 2.31. The molecule has 31 heavy (non-hydrogen) atoms. The van der Waals surface area contributed by atoms with E-state index in [1.54, 1.807) is 18.2 Å². The summed E-state index contributed by atoms with van der Waals surface area (Å²) in [5.41, 5.74) is 2.81. The van der Waals surface area contributed by atoms with Crippen LogP contribution < -0.4 is 10.7 Å². The van der Waals surface area contributed by atoms with Crippen molar-refractivity contribution >= 4 is 34.5 Å². The summed E-state index contributed by atoms with van der Waals surface area (Å²) in [6.45, 7) is 0. The van der Waals surface area contributed by atoms with Crippen molar-refractivity contribution in [3.05, 3.63) is 59.2 Å². The molecule has 0 atom stereocenters. The van der Waals surface area contributed by atoms with Crippen LogP contribution in [-0.2, 0) is 16.0 Å². The van der Waals surface area contributed by atoms with Gasteiger partial charge in [0.2, 0.25) is 0 Å². The molecule has 160 valence electrons. The lowest BCUT2D eigenvalue weighted by atomic mass is 10.0. The third-order valence-corrected chi connectivity index (χ3v) is 4.16. The maximum Gasteiger partial charge on any atom is 0.358 e. The largest absolute Gasteiger partial charge is 0.504 e. The van der Waals surface area contributed by atoms with Gasteiger partial charge in [0, 0.05) is 25.7 Å². The third kappa shape index (κ3) is 4.90. The van der Waals surface area contributed by atoms with Crippen LogP contribution >= 0.6 is 0 Å². The molecule has 0 fully saturated rings. The number of aromatic hydroxyl groups is 1. The van der Waals surface area contributed by atoms with Crippen LogP contribution in [0.4, 0.5) is 10.2 Å². The fourth-order valence-electron chi connectivity index (χ4n) is 2.81. The topological polar surface area (TPSA) is 145 Å². The Morgan fingerprint density at radius 3 is 2.39 bits per heavy atom. The first kappa shape index (κ1) is 21.6. The first-order valence-corrected chi connectivity index (χ1v) is 8.94. The van der Waals surface area contributed by atoms with E-state index in [0.29, 0.717) is 12.0 Å². The SMILES string of the molecule is CN(C)NC(=O)C(=O)Nc1nc(C(=O)O)c(O)c2ncc(Cc3ccc(F)cc3)cc12. The number of carbonyl (C=O) groups is 3. The molecule has 11 heteroatoms. The molecule has 1 aromatic carbocycles. The summed E-state index contributed by atoms with van der Waals surface area (Å²) in [4.78, 5) is 43.5. The third-order valence-electron chi connectivity index (χ3n) is 4.16. The highest BCUT2D eigenvalue weighted by atomic mass is 19.1. The van der Waals surface area contributed by atoms with Gasteiger partial charge in [0.1, 0.15) is 17.2 Å². The van der Waals surface area contributed by atoms with Crippen molar-refractivity contribution in [3.8, 4) is 5.75 Å². The zero-order valence-corrected chi connectivity index (χ0v) is 16.5. The minimum atomic E-state index is -1.54. The van der Waals surface area contributed by atoms with E-state index in [1.165, 1.54) is 37.4 Å². The van der Waals surface area contributed by atoms with Gasteiger partial charge in [-0.1, -0.05) is 12.1 Å². The van der Waals surface area contributed by atoms with E-state index in [4.69, 9.17) is 0 Å². The molecule has 0 unspecified atom stereocenters. The van der Waals surface area contributed by atoms with E-state index in [9.17, 15) is 29.0 Å². The van der Waals surface area contributed by atoms with Gasteiger partial charge in [-0.05, 0) is 35.7 Å². The number of aromatic carboxylic acids is 1. The van der Waals surface area contributed by atoms with Gasteiger partial charge in [0.25, 0.3) is 0 Å². The van der Waals surface area contributed by atoms with Gasteiger partial charge in [0.15, 0.2) is 11.4 Å². The molecule has 0 aliphatic carbocycles. The van der Waals surface area contributed by atoms with E-state index >= 15 is 0 Å². The number of benzene rings is 1. The van der Waals surface area contributed by atoms with Crippen molar-refractivity contribution in [1.29, 1.82) is 0 Å². The average molecular weight is 427 g/mol. The van der Waals surface area contributed by atoms with Crippen LogP contribution in [0.1, 0.15) is 21.6 Å². The lowest BCUT2D eigenvalue weighted by Crippen LogP contribution is -2.43. The normalized spacial score (nSPS) is 10.8. The Labute approximate surface area is 175 Å². The summed E-state index contributed by atoms with van der Waals surface area (Å²) in [7, 11) is 3.02. The van der Waals surface area contributed by atoms with Crippen molar-refractivity contribution in [2.75, 3.05) is 19.4 Å². The molecule has 3 rings (SSSR count). The monoisotopic (exact) mass is 427 g/mol. The van der Waals surface area contributed by atoms with E-state index in [2.05, 4.69) is 20.7 Å². The van der Waals surface area contributed by atoms with Crippen LogP contribution in [0.25, 0.3) is 10.9 Å².